The molecule has 5 heteroatoms. The molecule has 0 atom stereocenters. The Hall–Kier alpha value is -3.73. The van der Waals surface area contributed by atoms with Crippen molar-refractivity contribution in [3.05, 3.63) is 107 Å². The molecule has 0 radical (unpaired) electrons. The lowest BCUT2D eigenvalue weighted by atomic mass is 9.98. The number of carbonyl (C=O) groups is 2. The maximum atomic E-state index is 13.5. The molecule has 0 bridgehead atoms. The van der Waals surface area contributed by atoms with Crippen LogP contribution in [0.3, 0.4) is 0 Å². The molecule has 2 aromatic carbocycles. The van der Waals surface area contributed by atoms with E-state index in [1.165, 1.54) is 16.0 Å². The van der Waals surface area contributed by atoms with E-state index in [9.17, 15) is 9.59 Å². The van der Waals surface area contributed by atoms with Crippen LogP contribution in [0, 0.1) is 0 Å². The van der Waals surface area contributed by atoms with E-state index in [0.29, 0.717) is 24.4 Å². The van der Waals surface area contributed by atoms with Crippen LogP contribution in [0.4, 0.5) is 0 Å². The van der Waals surface area contributed by atoms with Crippen molar-refractivity contribution in [3.8, 4) is 0 Å². The van der Waals surface area contributed by atoms with Gasteiger partial charge in [-0.05, 0) is 40.8 Å². The number of pyridine rings is 1. The Labute approximate surface area is 175 Å². The van der Waals surface area contributed by atoms with Gasteiger partial charge in [-0.1, -0.05) is 54.6 Å². The van der Waals surface area contributed by atoms with Crippen molar-refractivity contribution in [2.75, 3.05) is 6.54 Å². The van der Waals surface area contributed by atoms with Crippen molar-refractivity contribution in [2.24, 2.45) is 0 Å². The summed E-state index contributed by atoms with van der Waals surface area (Å²) in [6, 6.07) is 21.5. The van der Waals surface area contributed by atoms with Crippen molar-refractivity contribution in [2.45, 2.75) is 19.5 Å². The summed E-state index contributed by atoms with van der Waals surface area (Å²) in [5, 5.41) is 0. The first-order valence-corrected chi connectivity index (χ1v) is 10.1. The monoisotopic (exact) mass is 395 g/mol. The van der Waals surface area contributed by atoms with E-state index in [1.54, 1.807) is 12.4 Å². The molecule has 2 amide bonds. The van der Waals surface area contributed by atoms with Gasteiger partial charge in [0.2, 0.25) is 0 Å². The number of hydrogen-bond donors (Lipinski definition) is 0. The molecule has 0 saturated heterocycles. The van der Waals surface area contributed by atoms with Gasteiger partial charge < -0.3 is 4.90 Å². The Morgan fingerprint density at radius 1 is 0.800 bits per heavy atom. The molecule has 0 spiro atoms. The van der Waals surface area contributed by atoms with Crippen LogP contribution in [0.5, 0.6) is 0 Å². The number of aromatic nitrogens is 1. The van der Waals surface area contributed by atoms with Crippen LogP contribution < -0.4 is 0 Å². The second-order valence-electron chi connectivity index (χ2n) is 7.58. The summed E-state index contributed by atoms with van der Waals surface area (Å²) < 4.78 is 0. The molecule has 0 saturated carbocycles. The van der Waals surface area contributed by atoms with Crippen LogP contribution in [-0.4, -0.2) is 33.1 Å². The Bertz CT molecular complexity index is 1140. The molecule has 3 aromatic rings. The molecule has 5 nitrogen and oxygen atoms in total. The van der Waals surface area contributed by atoms with E-state index < -0.39 is 0 Å². The topological polar surface area (TPSA) is 53.5 Å². The van der Waals surface area contributed by atoms with E-state index in [0.717, 1.165) is 17.5 Å². The summed E-state index contributed by atoms with van der Waals surface area (Å²) in [7, 11) is 0. The van der Waals surface area contributed by atoms with Crippen LogP contribution in [0.15, 0.2) is 84.8 Å². The minimum absolute atomic E-state index is 0.227. The Morgan fingerprint density at radius 3 is 2.27 bits per heavy atom. The third-order valence-electron chi connectivity index (χ3n) is 5.74. The molecule has 0 fully saturated rings. The molecule has 148 valence electrons. The van der Waals surface area contributed by atoms with Gasteiger partial charge in [0.1, 0.15) is 5.70 Å². The average Bonchev–Trinajstić information content (AvgIpc) is 3.05. The Balaban J connectivity index is 1.55. The normalized spacial score (nSPS) is 16.3. The minimum atomic E-state index is -0.239. The lowest BCUT2D eigenvalue weighted by Gasteiger charge is -2.31. The smallest absolute Gasteiger partial charge is 0.278 e. The van der Waals surface area contributed by atoms with Gasteiger partial charge in [-0.2, -0.15) is 0 Å². The summed E-state index contributed by atoms with van der Waals surface area (Å²) in [6.45, 7) is 1.58. The van der Waals surface area contributed by atoms with Crippen molar-refractivity contribution < 1.29 is 9.59 Å². The highest BCUT2D eigenvalue weighted by atomic mass is 16.2. The van der Waals surface area contributed by atoms with Gasteiger partial charge in [0.05, 0.1) is 12.1 Å². The van der Waals surface area contributed by atoms with E-state index in [2.05, 4.69) is 22.0 Å². The lowest BCUT2D eigenvalue weighted by Crippen LogP contribution is -2.37. The quantitative estimate of drug-likeness (QED) is 0.635. The van der Waals surface area contributed by atoms with E-state index >= 15 is 0 Å². The SMILES string of the molecule is O=C1C(c2ccccc2)=C(N2CCc3ccccc3C2)C(=O)N1Cc1ccncc1. The summed E-state index contributed by atoms with van der Waals surface area (Å²) in [5.41, 5.74) is 5.17. The molecule has 5 rings (SSSR count). The van der Waals surface area contributed by atoms with Crippen LogP contribution in [0.1, 0.15) is 22.3 Å². The molecule has 1 aromatic heterocycles. The number of imide groups is 1. The van der Waals surface area contributed by atoms with E-state index in [1.807, 2.05) is 54.6 Å². The number of nitrogens with zero attached hydrogens (tertiary/aromatic N) is 3. The number of rotatable bonds is 4. The molecule has 30 heavy (non-hydrogen) atoms. The second-order valence-corrected chi connectivity index (χ2v) is 7.58. The highest BCUT2D eigenvalue weighted by molar-refractivity contribution is 6.35. The van der Waals surface area contributed by atoms with Gasteiger partial charge in [-0.15, -0.1) is 0 Å². The van der Waals surface area contributed by atoms with Crippen molar-refractivity contribution >= 4 is 17.4 Å². The van der Waals surface area contributed by atoms with Gasteiger partial charge in [-0.3, -0.25) is 19.5 Å². The predicted molar refractivity (Wildman–Crippen MR) is 114 cm³/mol. The zero-order valence-corrected chi connectivity index (χ0v) is 16.5. The number of benzene rings is 2. The minimum Gasteiger partial charge on any atom is -0.362 e. The summed E-state index contributed by atoms with van der Waals surface area (Å²) in [4.78, 5) is 34.4. The maximum Gasteiger partial charge on any atom is 0.278 e. The van der Waals surface area contributed by atoms with Crippen molar-refractivity contribution in [3.63, 3.8) is 0 Å². The first-order valence-electron chi connectivity index (χ1n) is 10.1. The highest BCUT2D eigenvalue weighted by Crippen LogP contribution is 2.35. The Morgan fingerprint density at radius 2 is 1.50 bits per heavy atom. The van der Waals surface area contributed by atoms with Crippen molar-refractivity contribution in [1.82, 2.24) is 14.8 Å². The molecular weight excluding hydrogens is 374 g/mol. The number of hydrogen-bond acceptors (Lipinski definition) is 4. The molecule has 0 unspecified atom stereocenters. The number of fused-ring (bicyclic) bond motifs is 1. The molecular formula is C25H21N3O2. The summed E-state index contributed by atoms with van der Waals surface area (Å²) in [5.74, 6) is -0.466. The molecule has 2 aliphatic rings. The molecule has 0 aliphatic carbocycles. The zero-order chi connectivity index (χ0) is 20.5. The fourth-order valence-corrected chi connectivity index (χ4v) is 4.22. The maximum absolute atomic E-state index is 13.5. The summed E-state index contributed by atoms with van der Waals surface area (Å²) in [6.07, 6.45) is 4.20. The number of amides is 2. The standard InChI is InChI=1S/C25H21N3O2/c29-24-22(20-7-2-1-3-8-20)23(25(30)28(24)16-18-10-13-26-14-11-18)27-15-12-19-6-4-5-9-21(19)17-27/h1-11,13-14H,12,15-17H2. The molecule has 2 aliphatic heterocycles. The second kappa shape index (κ2) is 7.59. The van der Waals surface area contributed by atoms with Gasteiger partial charge in [0.25, 0.3) is 11.8 Å². The first-order chi connectivity index (χ1) is 14.7. The summed E-state index contributed by atoms with van der Waals surface area (Å²) >= 11 is 0. The largest absolute Gasteiger partial charge is 0.362 e. The van der Waals surface area contributed by atoms with Crippen LogP contribution in [-0.2, 0) is 29.1 Å². The average molecular weight is 395 g/mol. The van der Waals surface area contributed by atoms with Crippen molar-refractivity contribution in [1.29, 1.82) is 0 Å². The van der Waals surface area contributed by atoms with Crippen LogP contribution >= 0.6 is 0 Å². The molecule has 0 N–H and O–H groups in total. The predicted octanol–water partition coefficient (Wildman–Crippen LogP) is 3.42. The lowest BCUT2D eigenvalue weighted by molar-refractivity contribution is -0.138. The zero-order valence-electron chi connectivity index (χ0n) is 16.5. The van der Waals surface area contributed by atoms with E-state index in [-0.39, 0.29) is 18.4 Å². The van der Waals surface area contributed by atoms with Gasteiger partial charge in [0, 0.05) is 25.5 Å². The van der Waals surface area contributed by atoms with Crippen LogP contribution in [0.2, 0.25) is 0 Å². The fourth-order valence-electron chi connectivity index (χ4n) is 4.22. The fraction of sp³-hybridized carbons (Fsp3) is 0.160. The first kappa shape index (κ1) is 18.3. The molecule has 3 heterocycles. The van der Waals surface area contributed by atoms with Gasteiger partial charge in [0.15, 0.2) is 0 Å². The number of carbonyl (C=O) groups excluding carboxylic acids is 2. The third-order valence-corrected chi connectivity index (χ3v) is 5.74. The van der Waals surface area contributed by atoms with Crippen LogP contribution in [0.25, 0.3) is 5.57 Å². The van der Waals surface area contributed by atoms with Gasteiger partial charge in [-0.25, -0.2) is 0 Å². The highest BCUT2D eigenvalue weighted by Gasteiger charge is 2.42. The Kier molecular flexibility index (Phi) is 4.64. The van der Waals surface area contributed by atoms with E-state index in [4.69, 9.17) is 0 Å². The third kappa shape index (κ3) is 3.18. The van der Waals surface area contributed by atoms with Gasteiger partial charge >= 0.3 is 0 Å².